The van der Waals surface area contributed by atoms with Gasteiger partial charge in [-0.05, 0) is 18.4 Å². The van der Waals surface area contributed by atoms with Gasteiger partial charge in [0.05, 0.1) is 6.61 Å². The van der Waals surface area contributed by atoms with E-state index < -0.39 is 0 Å². The molecule has 2 aliphatic rings. The fourth-order valence-corrected chi connectivity index (χ4v) is 3.96. The summed E-state index contributed by atoms with van der Waals surface area (Å²) in [5, 5.41) is 0. The molecule has 4 nitrogen and oxygen atoms in total. The predicted octanol–water partition coefficient (Wildman–Crippen LogP) is 2.79. The quantitative estimate of drug-likeness (QED) is 0.780. The molecule has 0 radical (unpaired) electrons. The number of carbonyl (C=O) groups excluding carboxylic acids is 2. The first-order chi connectivity index (χ1) is 11.5. The number of carbonyl (C=O) groups is 2. The number of ketones is 1. The summed E-state index contributed by atoms with van der Waals surface area (Å²) in [6, 6.07) is 9.57. The molecule has 24 heavy (non-hydrogen) atoms. The van der Waals surface area contributed by atoms with Crippen LogP contribution in [0, 0.1) is 17.8 Å². The maximum Gasteiger partial charge on any atom is 0.323 e. The van der Waals surface area contributed by atoms with Gasteiger partial charge >= 0.3 is 5.97 Å². The number of hydrogen-bond donors (Lipinski definition) is 0. The Bertz CT molecular complexity index is 650. The van der Waals surface area contributed by atoms with Crippen LogP contribution in [0.25, 0.3) is 5.57 Å². The van der Waals surface area contributed by atoms with Crippen molar-refractivity contribution >= 4 is 17.3 Å². The van der Waals surface area contributed by atoms with Gasteiger partial charge in [0.2, 0.25) is 0 Å². The van der Waals surface area contributed by atoms with Crippen LogP contribution in [-0.2, 0) is 14.3 Å². The Morgan fingerprint density at radius 1 is 1.25 bits per heavy atom. The largest absolute Gasteiger partial charge is 0.465 e. The van der Waals surface area contributed by atoms with E-state index in [9.17, 15) is 9.59 Å². The predicted molar refractivity (Wildman–Crippen MR) is 93.2 cm³/mol. The number of Topliss-reactive ketones (excluding diaryl/α,β-unsaturated/α-hetero) is 1. The van der Waals surface area contributed by atoms with E-state index in [4.69, 9.17) is 4.74 Å². The Balaban J connectivity index is 1.78. The maximum atomic E-state index is 12.8. The van der Waals surface area contributed by atoms with Gasteiger partial charge in [-0.2, -0.15) is 0 Å². The number of allylic oxidation sites excluding steroid dienone is 1. The van der Waals surface area contributed by atoms with Crippen LogP contribution in [0.3, 0.4) is 0 Å². The van der Waals surface area contributed by atoms with Gasteiger partial charge < -0.3 is 4.74 Å². The molecule has 1 aliphatic carbocycles. The highest BCUT2D eigenvalue weighted by Gasteiger charge is 2.46. The van der Waals surface area contributed by atoms with E-state index in [1.807, 2.05) is 51.1 Å². The molecule has 3 atom stereocenters. The number of benzene rings is 1. The van der Waals surface area contributed by atoms with Gasteiger partial charge in [-0.3, -0.25) is 14.5 Å². The fraction of sp³-hybridized carbons (Fsp3) is 0.500. The normalized spacial score (nSPS) is 24.8. The molecule has 0 N–H and O–H groups in total. The van der Waals surface area contributed by atoms with E-state index >= 15 is 0 Å². The summed E-state index contributed by atoms with van der Waals surface area (Å²) in [5.41, 5.74) is 1.83. The van der Waals surface area contributed by atoms with E-state index in [0.717, 1.165) is 17.7 Å². The summed E-state index contributed by atoms with van der Waals surface area (Å²) in [6.07, 6.45) is 2.10. The molecule has 128 valence electrons. The number of rotatable bonds is 5. The van der Waals surface area contributed by atoms with Crippen LogP contribution in [-0.4, -0.2) is 42.4 Å². The Labute approximate surface area is 143 Å². The lowest BCUT2D eigenvalue weighted by molar-refractivity contribution is -0.151. The molecule has 1 saturated heterocycles. The summed E-state index contributed by atoms with van der Waals surface area (Å²) in [5.74, 6) is 0.363. The SMILES string of the molecule is CCOC(=O)[C@H](C(C)C)N1CC2C=C(c3ccccc3)C(=O)C2C1. The van der Waals surface area contributed by atoms with Crippen molar-refractivity contribution in [3.05, 3.63) is 42.0 Å². The molecular weight excluding hydrogens is 302 g/mol. The van der Waals surface area contributed by atoms with Crippen molar-refractivity contribution in [1.82, 2.24) is 4.90 Å². The van der Waals surface area contributed by atoms with E-state index in [2.05, 4.69) is 11.0 Å². The Hall–Kier alpha value is -1.94. The third kappa shape index (κ3) is 3.03. The Morgan fingerprint density at radius 3 is 2.54 bits per heavy atom. The van der Waals surface area contributed by atoms with Crippen LogP contribution in [0.4, 0.5) is 0 Å². The second kappa shape index (κ2) is 6.89. The van der Waals surface area contributed by atoms with Crippen LogP contribution in [0.15, 0.2) is 36.4 Å². The van der Waals surface area contributed by atoms with Gasteiger partial charge in [0.25, 0.3) is 0 Å². The van der Waals surface area contributed by atoms with Crippen LogP contribution < -0.4 is 0 Å². The van der Waals surface area contributed by atoms with Crippen molar-refractivity contribution in [2.45, 2.75) is 26.8 Å². The highest BCUT2D eigenvalue weighted by molar-refractivity contribution is 6.24. The molecule has 0 spiro atoms. The standard InChI is InChI=1S/C20H25NO3/c1-4-24-20(23)18(13(2)3)21-11-15-10-16(19(22)17(15)12-21)14-8-6-5-7-9-14/h5-10,13,15,17-18H,4,11-12H2,1-3H3/t15?,17?,18-/m0/s1. The highest BCUT2D eigenvalue weighted by atomic mass is 16.5. The lowest BCUT2D eigenvalue weighted by atomic mass is 9.97. The van der Waals surface area contributed by atoms with Crippen molar-refractivity contribution in [2.24, 2.45) is 17.8 Å². The van der Waals surface area contributed by atoms with Crippen LogP contribution in [0.2, 0.25) is 0 Å². The zero-order valence-corrected chi connectivity index (χ0v) is 14.6. The monoisotopic (exact) mass is 327 g/mol. The molecule has 1 aromatic carbocycles. The number of likely N-dealkylation sites (tertiary alicyclic amines) is 1. The Kier molecular flexibility index (Phi) is 4.86. The van der Waals surface area contributed by atoms with Gasteiger partial charge in [0.1, 0.15) is 6.04 Å². The molecule has 0 bridgehead atoms. The second-order valence-electron chi connectivity index (χ2n) is 6.98. The molecule has 0 aromatic heterocycles. The number of hydrogen-bond acceptors (Lipinski definition) is 4. The molecule has 0 amide bonds. The summed E-state index contributed by atoms with van der Waals surface area (Å²) < 4.78 is 5.24. The average molecular weight is 327 g/mol. The molecule has 0 saturated carbocycles. The molecular formula is C20H25NO3. The van der Waals surface area contributed by atoms with E-state index in [-0.39, 0.29) is 35.5 Å². The summed E-state index contributed by atoms with van der Waals surface area (Å²) in [4.78, 5) is 27.2. The minimum atomic E-state index is -0.267. The Morgan fingerprint density at radius 2 is 1.96 bits per heavy atom. The first kappa shape index (κ1) is 16.9. The van der Waals surface area contributed by atoms with Crippen molar-refractivity contribution < 1.29 is 14.3 Å². The van der Waals surface area contributed by atoms with Gasteiger partial charge in [-0.15, -0.1) is 0 Å². The summed E-state index contributed by atoms with van der Waals surface area (Å²) in [7, 11) is 0. The number of fused-ring (bicyclic) bond motifs is 1. The van der Waals surface area contributed by atoms with Crippen molar-refractivity contribution in [2.75, 3.05) is 19.7 Å². The zero-order valence-electron chi connectivity index (χ0n) is 14.6. The van der Waals surface area contributed by atoms with Crippen molar-refractivity contribution in [3.63, 3.8) is 0 Å². The summed E-state index contributed by atoms with van der Waals surface area (Å²) >= 11 is 0. The van der Waals surface area contributed by atoms with Crippen molar-refractivity contribution in [3.8, 4) is 0 Å². The first-order valence-corrected chi connectivity index (χ1v) is 8.75. The second-order valence-corrected chi connectivity index (χ2v) is 6.98. The minimum Gasteiger partial charge on any atom is -0.465 e. The third-order valence-corrected chi connectivity index (χ3v) is 5.01. The molecule has 1 fully saturated rings. The van der Waals surface area contributed by atoms with Gasteiger partial charge in [0, 0.05) is 30.5 Å². The fourth-order valence-electron chi connectivity index (χ4n) is 3.96. The third-order valence-electron chi connectivity index (χ3n) is 5.01. The lowest BCUT2D eigenvalue weighted by Crippen LogP contribution is -2.45. The average Bonchev–Trinajstić information content (AvgIpc) is 3.08. The molecule has 3 rings (SSSR count). The van der Waals surface area contributed by atoms with E-state index in [1.165, 1.54) is 0 Å². The zero-order chi connectivity index (χ0) is 17.3. The van der Waals surface area contributed by atoms with Gasteiger partial charge in [-0.25, -0.2) is 0 Å². The van der Waals surface area contributed by atoms with E-state index in [1.54, 1.807) is 0 Å². The molecule has 1 heterocycles. The van der Waals surface area contributed by atoms with Crippen molar-refractivity contribution in [1.29, 1.82) is 0 Å². The minimum absolute atomic E-state index is 0.0316. The van der Waals surface area contributed by atoms with E-state index in [0.29, 0.717) is 13.2 Å². The topological polar surface area (TPSA) is 46.6 Å². The smallest absolute Gasteiger partial charge is 0.323 e. The first-order valence-electron chi connectivity index (χ1n) is 8.75. The van der Waals surface area contributed by atoms with Crippen LogP contribution >= 0.6 is 0 Å². The molecule has 4 heteroatoms. The number of ether oxygens (including phenoxy) is 1. The molecule has 1 aliphatic heterocycles. The molecule has 2 unspecified atom stereocenters. The molecule has 1 aromatic rings. The van der Waals surface area contributed by atoms with Crippen LogP contribution in [0.5, 0.6) is 0 Å². The maximum absolute atomic E-state index is 12.8. The summed E-state index contributed by atoms with van der Waals surface area (Å²) in [6.45, 7) is 7.66. The van der Waals surface area contributed by atoms with Crippen LogP contribution in [0.1, 0.15) is 26.3 Å². The van der Waals surface area contributed by atoms with Gasteiger partial charge in [-0.1, -0.05) is 50.3 Å². The van der Waals surface area contributed by atoms with Gasteiger partial charge in [0.15, 0.2) is 5.78 Å². The number of esters is 1. The number of nitrogens with zero attached hydrogens (tertiary/aromatic N) is 1. The highest BCUT2D eigenvalue weighted by Crippen LogP contribution is 2.39. The lowest BCUT2D eigenvalue weighted by Gasteiger charge is -2.29.